The third kappa shape index (κ3) is 6.83. The predicted molar refractivity (Wildman–Crippen MR) is 75.6 cm³/mol. The van der Waals surface area contributed by atoms with Gasteiger partial charge in [0.25, 0.3) is 0 Å². The number of carbonyl (C=O) groups excluding carboxylic acids is 1. The van der Waals surface area contributed by atoms with Gasteiger partial charge < -0.3 is 15.2 Å². The molecule has 1 aromatic rings. The minimum Gasteiger partial charge on any atom is -0.481 e. The molecule has 0 spiro atoms. The van der Waals surface area contributed by atoms with E-state index in [-0.39, 0.29) is 12.3 Å². The van der Waals surface area contributed by atoms with E-state index in [0.717, 1.165) is 5.75 Å². The number of aliphatic carboxylic acids is 1. The number of nitrogens with one attached hydrogen (secondary N) is 1. The topological polar surface area (TPSA) is 75.6 Å². The average Bonchev–Trinajstić information content (AvgIpc) is 2.36. The lowest BCUT2D eigenvalue weighted by Crippen LogP contribution is -2.14. The van der Waals surface area contributed by atoms with Crippen molar-refractivity contribution in [3.63, 3.8) is 0 Å². The van der Waals surface area contributed by atoms with Gasteiger partial charge in [0.1, 0.15) is 0 Å². The Hall–Kier alpha value is -1.53. The van der Waals surface area contributed by atoms with Crippen LogP contribution in [0.1, 0.15) is 5.56 Å². The minimum absolute atomic E-state index is 0.0128. The first-order valence-electron chi connectivity index (χ1n) is 5.79. The predicted octanol–water partition coefficient (Wildman–Crippen LogP) is 1.63. The van der Waals surface area contributed by atoms with E-state index < -0.39 is 5.97 Å². The van der Waals surface area contributed by atoms with E-state index in [9.17, 15) is 9.59 Å². The lowest BCUT2D eigenvalue weighted by atomic mass is 10.1. The Morgan fingerprint density at radius 1 is 1.32 bits per heavy atom. The molecule has 0 unspecified atom stereocenters. The number of thioether (sulfide) groups is 1. The molecule has 1 rings (SSSR count). The molecule has 0 radical (unpaired) electrons. The van der Waals surface area contributed by atoms with Crippen LogP contribution in [0.5, 0.6) is 0 Å². The summed E-state index contributed by atoms with van der Waals surface area (Å²) in [4.78, 5) is 22.1. The molecule has 19 heavy (non-hydrogen) atoms. The van der Waals surface area contributed by atoms with E-state index in [2.05, 4.69) is 5.32 Å². The number of methoxy groups -OCH3 is 1. The molecule has 104 valence electrons. The van der Waals surface area contributed by atoms with Crippen LogP contribution in [-0.2, 0) is 20.7 Å². The van der Waals surface area contributed by atoms with Crippen molar-refractivity contribution in [2.24, 2.45) is 0 Å². The normalized spacial score (nSPS) is 10.2. The Kier molecular flexibility index (Phi) is 6.99. The van der Waals surface area contributed by atoms with Gasteiger partial charge in [-0.2, -0.15) is 0 Å². The number of anilines is 1. The molecule has 0 saturated heterocycles. The quantitative estimate of drug-likeness (QED) is 0.709. The van der Waals surface area contributed by atoms with E-state index in [1.165, 1.54) is 11.8 Å². The molecule has 0 fully saturated rings. The molecule has 6 heteroatoms. The highest BCUT2D eigenvalue weighted by molar-refractivity contribution is 7.99. The maximum atomic E-state index is 11.6. The first-order chi connectivity index (χ1) is 9.11. The van der Waals surface area contributed by atoms with Gasteiger partial charge in [0.15, 0.2) is 0 Å². The highest BCUT2D eigenvalue weighted by Crippen LogP contribution is 2.11. The summed E-state index contributed by atoms with van der Waals surface area (Å²) in [5, 5.41) is 11.4. The molecule has 0 saturated carbocycles. The van der Waals surface area contributed by atoms with E-state index in [1.807, 2.05) is 0 Å². The molecule has 0 aromatic heterocycles. The lowest BCUT2D eigenvalue weighted by molar-refractivity contribution is -0.136. The maximum absolute atomic E-state index is 11.6. The number of rotatable bonds is 8. The second kappa shape index (κ2) is 8.55. The number of hydrogen-bond donors (Lipinski definition) is 2. The van der Waals surface area contributed by atoms with Gasteiger partial charge in [-0.15, -0.1) is 11.8 Å². The first-order valence-corrected chi connectivity index (χ1v) is 6.94. The number of carbonyl (C=O) groups is 2. The van der Waals surface area contributed by atoms with Gasteiger partial charge in [-0.25, -0.2) is 0 Å². The molecule has 1 amide bonds. The molecular formula is C13H17NO4S. The molecule has 0 aliphatic heterocycles. The average molecular weight is 283 g/mol. The number of amides is 1. The summed E-state index contributed by atoms with van der Waals surface area (Å²) in [6.07, 6.45) is -0.0128. The number of ether oxygens (including phenoxy) is 1. The smallest absolute Gasteiger partial charge is 0.307 e. The molecular weight excluding hydrogens is 266 g/mol. The minimum atomic E-state index is -0.869. The summed E-state index contributed by atoms with van der Waals surface area (Å²) in [6, 6.07) is 6.80. The van der Waals surface area contributed by atoms with Crippen LogP contribution < -0.4 is 5.32 Å². The molecule has 5 nitrogen and oxygen atoms in total. The van der Waals surface area contributed by atoms with Gasteiger partial charge in [-0.3, -0.25) is 9.59 Å². The Bertz CT molecular complexity index is 419. The van der Waals surface area contributed by atoms with Crippen LogP contribution in [0.3, 0.4) is 0 Å². The van der Waals surface area contributed by atoms with E-state index in [4.69, 9.17) is 9.84 Å². The standard InChI is InChI=1S/C13H17NO4S/c1-18-6-7-19-9-12(15)14-11-4-2-10(3-5-11)8-13(16)17/h2-5H,6-9H2,1H3,(H,14,15)(H,16,17). The van der Waals surface area contributed by atoms with Crippen LogP contribution in [0, 0.1) is 0 Å². The molecule has 0 atom stereocenters. The zero-order valence-electron chi connectivity index (χ0n) is 10.7. The Balaban J connectivity index is 2.36. The van der Waals surface area contributed by atoms with E-state index in [0.29, 0.717) is 23.6 Å². The van der Waals surface area contributed by atoms with Crippen LogP contribution in [0.4, 0.5) is 5.69 Å². The van der Waals surface area contributed by atoms with Gasteiger partial charge in [-0.1, -0.05) is 12.1 Å². The SMILES string of the molecule is COCCSCC(=O)Nc1ccc(CC(=O)O)cc1. The van der Waals surface area contributed by atoms with Crippen molar-refractivity contribution < 1.29 is 19.4 Å². The fourth-order valence-electron chi connectivity index (χ4n) is 1.38. The van der Waals surface area contributed by atoms with Gasteiger partial charge in [0.05, 0.1) is 18.8 Å². The summed E-state index contributed by atoms with van der Waals surface area (Å²) in [7, 11) is 1.62. The van der Waals surface area contributed by atoms with Crippen LogP contribution in [-0.4, -0.2) is 42.2 Å². The number of benzene rings is 1. The number of carboxylic acids is 1. The second-order valence-corrected chi connectivity index (χ2v) is 4.97. The van der Waals surface area contributed by atoms with Crippen molar-refractivity contribution in [3.05, 3.63) is 29.8 Å². The molecule has 0 heterocycles. The van der Waals surface area contributed by atoms with E-state index in [1.54, 1.807) is 31.4 Å². The van der Waals surface area contributed by atoms with Crippen molar-refractivity contribution in [1.29, 1.82) is 0 Å². The highest BCUT2D eigenvalue weighted by Gasteiger charge is 2.04. The van der Waals surface area contributed by atoms with Gasteiger partial charge in [-0.05, 0) is 17.7 Å². The van der Waals surface area contributed by atoms with E-state index >= 15 is 0 Å². The van der Waals surface area contributed by atoms with Crippen molar-refractivity contribution in [1.82, 2.24) is 0 Å². The fraction of sp³-hybridized carbons (Fsp3) is 0.385. The highest BCUT2D eigenvalue weighted by atomic mass is 32.2. The Morgan fingerprint density at radius 3 is 2.58 bits per heavy atom. The van der Waals surface area contributed by atoms with Crippen molar-refractivity contribution >= 4 is 29.3 Å². The van der Waals surface area contributed by atoms with Crippen molar-refractivity contribution in [3.8, 4) is 0 Å². The second-order valence-electron chi connectivity index (χ2n) is 3.86. The third-order valence-corrected chi connectivity index (χ3v) is 3.18. The molecule has 0 aliphatic carbocycles. The monoisotopic (exact) mass is 283 g/mol. The zero-order valence-corrected chi connectivity index (χ0v) is 11.5. The molecule has 1 aromatic carbocycles. The van der Waals surface area contributed by atoms with Crippen LogP contribution in [0.2, 0.25) is 0 Å². The van der Waals surface area contributed by atoms with Crippen molar-refractivity contribution in [2.75, 3.05) is 30.5 Å². The largest absolute Gasteiger partial charge is 0.481 e. The van der Waals surface area contributed by atoms with Gasteiger partial charge >= 0.3 is 5.97 Å². The van der Waals surface area contributed by atoms with Gasteiger partial charge in [0.2, 0.25) is 5.91 Å². The fourth-order valence-corrected chi connectivity index (χ4v) is 2.07. The first kappa shape index (κ1) is 15.5. The van der Waals surface area contributed by atoms with Crippen LogP contribution in [0.25, 0.3) is 0 Å². The van der Waals surface area contributed by atoms with Gasteiger partial charge in [0, 0.05) is 18.6 Å². The molecule has 2 N–H and O–H groups in total. The number of hydrogen-bond acceptors (Lipinski definition) is 4. The molecule has 0 aliphatic rings. The summed E-state index contributed by atoms with van der Waals surface area (Å²) >= 11 is 1.50. The van der Waals surface area contributed by atoms with Crippen LogP contribution >= 0.6 is 11.8 Å². The summed E-state index contributed by atoms with van der Waals surface area (Å²) < 4.78 is 4.89. The Labute approximate surface area is 116 Å². The lowest BCUT2D eigenvalue weighted by Gasteiger charge is -2.06. The molecule has 0 bridgehead atoms. The number of carboxylic acid groups (broad SMARTS) is 1. The Morgan fingerprint density at radius 2 is 2.00 bits per heavy atom. The maximum Gasteiger partial charge on any atom is 0.307 e. The summed E-state index contributed by atoms with van der Waals surface area (Å²) in [6.45, 7) is 0.627. The third-order valence-electron chi connectivity index (χ3n) is 2.26. The van der Waals surface area contributed by atoms with Crippen LogP contribution in [0.15, 0.2) is 24.3 Å². The summed E-state index contributed by atoms with van der Waals surface area (Å²) in [5.41, 5.74) is 1.38. The summed E-state index contributed by atoms with van der Waals surface area (Å²) in [5.74, 6) is 0.209. The zero-order chi connectivity index (χ0) is 14.1. The van der Waals surface area contributed by atoms with Crippen molar-refractivity contribution in [2.45, 2.75) is 6.42 Å².